The maximum atomic E-state index is 8.63. The van der Waals surface area contributed by atoms with Gasteiger partial charge in [-0.05, 0) is 42.5 Å². The molecule has 5 aromatic rings. The van der Waals surface area contributed by atoms with Gasteiger partial charge in [0.1, 0.15) is 5.75 Å². The summed E-state index contributed by atoms with van der Waals surface area (Å²) in [6.07, 6.45) is 3.62. The smallest absolute Gasteiger partial charge is 0.115 e. The number of nitrogens with zero attached hydrogens (tertiary/aromatic N) is 2. The first-order valence-corrected chi connectivity index (χ1v) is 9.00. The van der Waals surface area contributed by atoms with Crippen molar-refractivity contribution < 1.29 is 5.11 Å². The molecule has 0 spiro atoms. The summed E-state index contributed by atoms with van der Waals surface area (Å²) in [7, 11) is 0. The second-order valence-electron chi connectivity index (χ2n) is 6.22. The highest BCUT2D eigenvalue weighted by molar-refractivity contribution is 5.96. The van der Waals surface area contributed by atoms with E-state index in [0.29, 0.717) is 5.75 Å². The molecular weight excluding hydrogens is 346 g/mol. The number of para-hydroxylation sites is 2. The van der Waals surface area contributed by atoms with E-state index in [4.69, 9.17) is 5.11 Å². The van der Waals surface area contributed by atoms with E-state index in [-0.39, 0.29) is 0 Å². The van der Waals surface area contributed by atoms with Crippen LogP contribution in [0.15, 0.2) is 103 Å². The van der Waals surface area contributed by atoms with Crippen molar-refractivity contribution in [2.75, 3.05) is 0 Å². The molecule has 2 aromatic carbocycles. The van der Waals surface area contributed by atoms with Crippen LogP contribution in [-0.2, 0) is 0 Å². The van der Waals surface area contributed by atoms with Crippen molar-refractivity contribution in [3.63, 3.8) is 0 Å². The van der Waals surface area contributed by atoms with E-state index in [9.17, 15) is 0 Å². The number of pyridine rings is 2. The van der Waals surface area contributed by atoms with Crippen molar-refractivity contribution in [3.8, 4) is 28.4 Å². The normalized spacial score (nSPS) is 10.3. The summed E-state index contributed by atoms with van der Waals surface area (Å²) < 4.78 is 0. The van der Waals surface area contributed by atoms with Crippen molar-refractivity contribution in [2.24, 2.45) is 0 Å². The lowest BCUT2D eigenvalue weighted by molar-refractivity contribution is 0.475. The van der Waals surface area contributed by atoms with Gasteiger partial charge in [0.2, 0.25) is 0 Å². The first-order chi connectivity index (χ1) is 13.8. The maximum absolute atomic E-state index is 8.63. The van der Waals surface area contributed by atoms with E-state index in [0.717, 1.165) is 28.2 Å². The first kappa shape index (κ1) is 17.5. The number of hydrogen-bond acceptors (Lipinski definition) is 3. The fourth-order valence-corrected chi connectivity index (χ4v) is 2.98. The number of aromatic nitrogens is 3. The molecule has 2 N–H and O–H groups in total. The van der Waals surface area contributed by atoms with Crippen LogP contribution in [0.3, 0.4) is 0 Å². The molecular formula is C24H19N3O. The van der Waals surface area contributed by atoms with E-state index in [1.807, 2.05) is 48.7 Å². The molecule has 0 fully saturated rings. The lowest BCUT2D eigenvalue weighted by Crippen LogP contribution is -1.84. The predicted molar refractivity (Wildman–Crippen MR) is 113 cm³/mol. The number of aromatic amines is 1. The number of phenolic OH excluding ortho intramolecular Hbond substituents is 1. The van der Waals surface area contributed by atoms with Crippen LogP contribution in [0, 0.1) is 0 Å². The molecule has 3 aromatic heterocycles. The second-order valence-corrected chi connectivity index (χ2v) is 6.22. The maximum Gasteiger partial charge on any atom is 0.115 e. The fraction of sp³-hybridized carbons (Fsp3) is 0. The molecule has 0 aliphatic rings. The number of nitrogens with one attached hydrogen (secondary N) is 1. The number of rotatable bonds is 2. The molecule has 5 rings (SSSR count). The van der Waals surface area contributed by atoms with Gasteiger partial charge in [-0.3, -0.25) is 9.97 Å². The Kier molecular flexibility index (Phi) is 5.11. The number of phenols is 1. The number of fused-ring (bicyclic) bond motifs is 1. The molecule has 0 unspecified atom stereocenters. The number of H-pyrrole nitrogens is 1. The number of benzene rings is 2. The molecule has 136 valence electrons. The molecule has 3 heterocycles. The Morgan fingerprint density at radius 3 is 1.93 bits per heavy atom. The summed E-state index contributed by atoms with van der Waals surface area (Å²) in [5.41, 5.74) is 5.14. The minimum Gasteiger partial charge on any atom is -0.508 e. The van der Waals surface area contributed by atoms with Crippen LogP contribution in [0.1, 0.15) is 0 Å². The Bertz CT molecular complexity index is 1150. The van der Waals surface area contributed by atoms with Crippen molar-refractivity contribution >= 4 is 10.9 Å². The summed E-state index contributed by atoms with van der Waals surface area (Å²) in [6.45, 7) is 0. The Hall–Kier alpha value is -3.92. The van der Waals surface area contributed by atoms with Gasteiger partial charge in [-0.15, -0.1) is 0 Å². The fourth-order valence-electron chi connectivity index (χ4n) is 2.98. The largest absolute Gasteiger partial charge is 0.508 e. The van der Waals surface area contributed by atoms with Crippen molar-refractivity contribution in [1.82, 2.24) is 15.0 Å². The van der Waals surface area contributed by atoms with Gasteiger partial charge in [0.15, 0.2) is 0 Å². The Morgan fingerprint density at radius 1 is 0.643 bits per heavy atom. The molecule has 0 aliphatic carbocycles. The molecule has 0 atom stereocenters. The van der Waals surface area contributed by atoms with E-state index < -0.39 is 0 Å². The predicted octanol–water partition coefficient (Wildman–Crippen LogP) is 5.68. The molecule has 28 heavy (non-hydrogen) atoms. The van der Waals surface area contributed by atoms with Gasteiger partial charge >= 0.3 is 0 Å². The minimum atomic E-state index is 0.322. The van der Waals surface area contributed by atoms with E-state index in [1.165, 1.54) is 5.39 Å². The van der Waals surface area contributed by atoms with Gasteiger partial charge in [-0.1, -0.05) is 48.5 Å². The zero-order valence-corrected chi connectivity index (χ0v) is 15.2. The van der Waals surface area contributed by atoms with Crippen LogP contribution < -0.4 is 0 Å². The van der Waals surface area contributed by atoms with Crippen LogP contribution in [0.2, 0.25) is 0 Å². The van der Waals surface area contributed by atoms with Crippen LogP contribution >= 0.6 is 0 Å². The Labute approximate surface area is 163 Å². The third-order valence-electron chi connectivity index (χ3n) is 4.29. The zero-order chi connectivity index (χ0) is 19.2. The molecule has 0 radical (unpaired) electrons. The Morgan fingerprint density at radius 2 is 1.32 bits per heavy atom. The summed E-state index contributed by atoms with van der Waals surface area (Å²) >= 11 is 0. The quantitative estimate of drug-likeness (QED) is 0.423. The SMILES string of the molecule is Oc1ccccc1.c1ccc(-c2cc3cccc(-c4ccccn4)c3[nH]2)nc1. The zero-order valence-electron chi connectivity index (χ0n) is 15.2. The highest BCUT2D eigenvalue weighted by atomic mass is 16.3. The number of hydrogen-bond donors (Lipinski definition) is 2. The van der Waals surface area contributed by atoms with Crippen LogP contribution in [0.25, 0.3) is 33.5 Å². The molecule has 0 saturated carbocycles. The molecule has 0 saturated heterocycles. The summed E-state index contributed by atoms with van der Waals surface area (Å²) in [5.74, 6) is 0.322. The highest BCUT2D eigenvalue weighted by Gasteiger charge is 2.09. The number of aromatic hydroxyl groups is 1. The lowest BCUT2D eigenvalue weighted by atomic mass is 10.1. The lowest BCUT2D eigenvalue weighted by Gasteiger charge is -2.02. The van der Waals surface area contributed by atoms with Gasteiger partial charge in [0, 0.05) is 23.3 Å². The van der Waals surface area contributed by atoms with E-state index in [2.05, 4.69) is 39.2 Å². The van der Waals surface area contributed by atoms with Crippen molar-refractivity contribution in [3.05, 3.63) is 103 Å². The van der Waals surface area contributed by atoms with Crippen LogP contribution in [-0.4, -0.2) is 20.1 Å². The van der Waals surface area contributed by atoms with E-state index in [1.54, 1.807) is 30.5 Å². The topological polar surface area (TPSA) is 61.8 Å². The second kappa shape index (κ2) is 8.18. The molecule has 0 bridgehead atoms. The van der Waals surface area contributed by atoms with Gasteiger partial charge < -0.3 is 10.1 Å². The third kappa shape index (κ3) is 3.91. The molecule has 0 aliphatic heterocycles. The Balaban J connectivity index is 0.000000233. The van der Waals surface area contributed by atoms with Crippen molar-refractivity contribution in [1.29, 1.82) is 0 Å². The standard InChI is InChI=1S/C18H13N3.C6H6O/c1-3-10-19-15(8-1)14-7-5-6-13-12-17(21-18(13)14)16-9-2-4-11-20-16;7-6-4-2-1-3-5-6/h1-12,21H;1-5,7H. The van der Waals surface area contributed by atoms with E-state index >= 15 is 0 Å². The summed E-state index contributed by atoms with van der Waals surface area (Å²) in [4.78, 5) is 12.3. The van der Waals surface area contributed by atoms with Crippen molar-refractivity contribution in [2.45, 2.75) is 0 Å². The first-order valence-electron chi connectivity index (χ1n) is 9.00. The van der Waals surface area contributed by atoms with Gasteiger partial charge in [0.25, 0.3) is 0 Å². The van der Waals surface area contributed by atoms with Crippen LogP contribution in [0.4, 0.5) is 0 Å². The van der Waals surface area contributed by atoms with Crippen LogP contribution in [0.5, 0.6) is 5.75 Å². The molecule has 4 nitrogen and oxygen atoms in total. The average molecular weight is 365 g/mol. The van der Waals surface area contributed by atoms with Gasteiger partial charge in [-0.2, -0.15) is 0 Å². The van der Waals surface area contributed by atoms with Gasteiger partial charge in [0.05, 0.1) is 22.6 Å². The monoisotopic (exact) mass is 365 g/mol. The minimum absolute atomic E-state index is 0.322. The third-order valence-corrected chi connectivity index (χ3v) is 4.29. The molecule has 4 heteroatoms. The average Bonchev–Trinajstić information content (AvgIpc) is 3.20. The highest BCUT2D eigenvalue weighted by Crippen LogP contribution is 2.30. The molecule has 0 amide bonds. The van der Waals surface area contributed by atoms with Gasteiger partial charge in [-0.25, -0.2) is 0 Å². The summed E-state index contributed by atoms with van der Waals surface area (Å²) in [5, 5.41) is 9.80. The summed E-state index contributed by atoms with van der Waals surface area (Å²) in [6, 6.07) is 29.0.